The number of ether oxygens (including phenoxy) is 1. The molecule has 13 heavy (non-hydrogen) atoms. The summed E-state index contributed by atoms with van der Waals surface area (Å²) in [5, 5.41) is 5.15. The van der Waals surface area contributed by atoms with Gasteiger partial charge in [0.15, 0.2) is 0 Å². The highest BCUT2D eigenvalue weighted by atomic mass is 16.6. The van der Waals surface area contributed by atoms with Gasteiger partial charge in [-0.05, 0) is 19.2 Å². The standard InChI is InChI=1S/C8H11N3O2/c1-9-6-13-8(12)11-7-4-2-3-5-10-7/h2-5,9H,6H2,1H3,(H,10,11,12). The van der Waals surface area contributed by atoms with E-state index in [0.717, 1.165) is 0 Å². The topological polar surface area (TPSA) is 63.2 Å². The molecule has 0 spiro atoms. The number of hydrogen-bond acceptors (Lipinski definition) is 4. The van der Waals surface area contributed by atoms with E-state index >= 15 is 0 Å². The molecule has 1 aromatic rings. The van der Waals surface area contributed by atoms with Crippen LogP contribution in [-0.2, 0) is 4.74 Å². The van der Waals surface area contributed by atoms with Crippen LogP contribution in [0.15, 0.2) is 24.4 Å². The van der Waals surface area contributed by atoms with Crippen molar-refractivity contribution in [1.29, 1.82) is 0 Å². The Bertz CT molecular complexity index is 263. The van der Waals surface area contributed by atoms with E-state index in [4.69, 9.17) is 4.74 Å². The van der Waals surface area contributed by atoms with Gasteiger partial charge in [-0.2, -0.15) is 0 Å². The number of nitrogens with one attached hydrogen (secondary N) is 2. The van der Waals surface area contributed by atoms with E-state index in [1.807, 2.05) is 0 Å². The first-order valence-corrected chi connectivity index (χ1v) is 3.82. The molecule has 2 N–H and O–H groups in total. The molecule has 0 unspecified atom stereocenters. The molecule has 5 nitrogen and oxygen atoms in total. The van der Waals surface area contributed by atoms with Crippen molar-refractivity contribution in [2.24, 2.45) is 0 Å². The molecule has 0 radical (unpaired) electrons. The van der Waals surface area contributed by atoms with E-state index in [1.165, 1.54) is 0 Å². The van der Waals surface area contributed by atoms with Crippen molar-refractivity contribution in [2.75, 3.05) is 19.1 Å². The molecule has 0 aliphatic heterocycles. The van der Waals surface area contributed by atoms with Crippen LogP contribution < -0.4 is 10.6 Å². The van der Waals surface area contributed by atoms with Gasteiger partial charge in [0.25, 0.3) is 0 Å². The Labute approximate surface area is 76.1 Å². The van der Waals surface area contributed by atoms with Gasteiger partial charge in [0.1, 0.15) is 12.5 Å². The molecule has 70 valence electrons. The summed E-state index contributed by atoms with van der Waals surface area (Å²) in [6, 6.07) is 5.23. The third-order valence-corrected chi connectivity index (χ3v) is 1.24. The molecule has 0 bridgehead atoms. The maximum atomic E-state index is 11.0. The third kappa shape index (κ3) is 3.53. The summed E-state index contributed by atoms with van der Waals surface area (Å²) in [6.07, 6.45) is 1.07. The van der Waals surface area contributed by atoms with Crippen molar-refractivity contribution < 1.29 is 9.53 Å². The Morgan fingerprint density at radius 3 is 3.08 bits per heavy atom. The number of carbonyl (C=O) groups excluding carboxylic acids is 1. The lowest BCUT2D eigenvalue weighted by molar-refractivity contribution is 0.155. The fourth-order valence-electron chi connectivity index (χ4n) is 0.715. The second-order valence-electron chi connectivity index (χ2n) is 2.27. The summed E-state index contributed by atoms with van der Waals surface area (Å²) in [7, 11) is 1.69. The molecule has 0 aliphatic rings. The van der Waals surface area contributed by atoms with Crippen LogP contribution in [0, 0.1) is 0 Å². The number of nitrogens with zero attached hydrogens (tertiary/aromatic N) is 1. The maximum absolute atomic E-state index is 11.0. The average molecular weight is 181 g/mol. The van der Waals surface area contributed by atoms with Crippen LogP contribution in [0.3, 0.4) is 0 Å². The molecular formula is C8H11N3O2. The zero-order valence-corrected chi connectivity index (χ0v) is 7.28. The van der Waals surface area contributed by atoms with E-state index in [1.54, 1.807) is 31.4 Å². The van der Waals surface area contributed by atoms with Crippen LogP contribution >= 0.6 is 0 Å². The van der Waals surface area contributed by atoms with Crippen molar-refractivity contribution in [3.05, 3.63) is 24.4 Å². The Hall–Kier alpha value is -1.62. The lowest BCUT2D eigenvalue weighted by Gasteiger charge is -2.04. The fraction of sp³-hybridized carbons (Fsp3) is 0.250. The van der Waals surface area contributed by atoms with Crippen LogP contribution in [-0.4, -0.2) is 24.9 Å². The quantitative estimate of drug-likeness (QED) is 0.677. The van der Waals surface area contributed by atoms with Crippen molar-refractivity contribution >= 4 is 11.9 Å². The molecule has 5 heteroatoms. The number of aromatic nitrogens is 1. The summed E-state index contributed by atoms with van der Waals surface area (Å²) in [5.41, 5.74) is 0. The van der Waals surface area contributed by atoms with Gasteiger partial charge in [-0.1, -0.05) is 6.07 Å². The number of carbonyl (C=O) groups is 1. The zero-order chi connectivity index (χ0) is 9.52. The van der Waals surface area contributed by atoms with E-state index in [2.05, 4.69) is 15.6 Å². The summed E-state index contributed by atoms with van der Waals surface area (Å²) in [5.74, 6) is 0.476. The molecule has 0 atom stereocenters. The Morgan fingerprint density at radius 1 is 1.62 bits per heavy atom. The molecular weight excluding hydrogens is 170 g/mol. The van der Waals surface area contributed by atoms with E-state index < -0.39 is 6.09 Å². The third-order valence-electron chi connectivity index (χ3n) is 1.24. The Kier molecular flexibility index (Phi) is 3.72. The zero-order valence-electron chi connectivity index (χ0n) is 7.28. The summed E-state index contributed by atoms with van der Waals surface area (Å²) >= 11 is 0. The first kappa shape index (κ1) is 9.47. The minimum Gasteiger partial charge on any atom is -0.433 e. The van der Waals surface area contributed by atoms with Gasteiger partial charge >= 0.3 is 6.09 Å². The Balaban J connectivity index is 2.37. The predicted molar refractivity (Wildman–Crippen MR) is 48.3 cm³/mol. The largest absolute Gasteiger partial charge is 0.433 e. The lowest BCUT2D eigenvalue weighted by Crippen LogP contribution is -2.21. The highest BCUT2D eigenvalue weighted by Crippen LogP contribution is 1.99. The molecule has 0 aliphatic carbocycles. The number of hydrogen-bond donors (Lipinski definition) is 2. The first-order chi connectivity index (χ1) is 6.33. The highest BCUT2D eigenvalue weighted by Gasteiger charge is 2.01. The van der Waals surface area contributed by atoms with Crippen molar-refractivity contribution in [3.8, 4) is 0 Å². The number of pyridine rings is 1. The van der Waals surface area contributed by atoms with Gasteiger partial charge < -0.3 is 4.74 Å². The van der Waals surface area contributed by atoms with E-state index in [9.17, 15) is 4.79 Å². The molecule has 1 amide bonds. The number of rotatable bonds is 3. The molecule has 0 saturated heterocycles. The fourth-order valence-corrected chi connectivity index (χ4v) is 0.715. The van der Waals surface area contributed by atoms with Crippen LogP contribution in [0.2, 0.25) is 0 Å². The van der Waals surface area contributed by atoms with Gasteiger partial charge in [0.05, 0.1) is 0 Å². The van der Waals surface area contributed by atoms with Gasteiger partial charge in [-0.15, -0.1) is 0 Å². The smallest absolute Gasteiger partial charge is 0.414 e. The van der Waals surface area contributed by atoms with Gasteiger partial charge in [-0.3, -0.25) is 10.6 Å². The monoisotopic (exact) mass is 181 g/mol. The highest BCUT2D eigenvalue weighted by molar-refractivity contribution is 5.83. The van der Waals surface area contributed by atoms with E-state index in [0.29, 0.717) is 5.82 Å². The van der Waals surface area contributed by atoms with Crippen molar-refractivity contribution in [3.63, 3.8) is 0 Å². The van der Waals surface area contributed by atoms with Gasteiger partial charge in [0, 0.05) is 6.20 Å². The molecule has 1 rings (SSSR count). The predicted octanol–water partition coefficient (Wildman–Crippen LogP) is 0.807. The molecule has 1 heterocycles. The van der Waals surface area contributed by atoms with Crippen molar-refractivity contribution in [2.45, 2.75) is 0 Å². The average Bonchev–Trinajstić information content (AvgIpc) is 2.16. The second-order valence-corrected chi connectivity index (χ2v) is 2.27. The maximum Gasteiger partial charge on any atom is 0.414 e. The van der Waals surface area contributed by atoms with E-state index in [-0.39, 0.29) is 6.73 Å². The molecule has 0 saturated carbocycles. The minimum atomic E-state index is -0.520. The summed E-state index contributed by atoms with van der Waals surface area (Å²) in [6.45, 7) is 0.179. The second kappa shape index (κ2) is 5.10. The number of amides is 1. The normalized spacial score (nSPS) is 9.31. The first-order valence-electron chi connectivity index (χ1n) is 3.82. The van der Waals surface area contributed by atoms with Crippen LogP contribution in [0.5, 0.6) is 0 Å². The molecule has 0 aromatic carbocycles. The van der Waals surface area contributed by atoms with Crippen LogP contribution in [0.1, 0.15) is 0 Å². The Morgan fingerprint density at radius 2 is 2.46 bits per heavy atom. The lowest BCUT2D eigenvalue weighted by atomic mass is 10.5. The SMILES string of the molecule is CNCOC(=O)Nc1ccccn1. The minimum absolute atomic E-state index is 0.179. The number of anilines is 1. The summed E-state index contributed by atoms with van der Waals surface area (Å²) < 4.78 is 4.69. The molecule has 0 fully saturated rings. The van der Waals surface area contributed by atoms with Gasteiger partial charge in [-0.25, -0.2) is 9.78 Å². The van der Waals surface area contributed by atoms with Gasteiger partial charge in [0.2, 0.25) is 0 Å². The molecule has 1 aromatic heterocycles. The van der Waals surface area contributed by atoms with Crippen LogP contribution in [0.25, 0.3) is 0 Å². The van der Waals surface area contributed by atoms with Crippen LogP contribution in [0.4, 0.5) is 10.6 Å². The summed E-state index contributed by atoms with van der Waals surface area (Å²) in [4.78, 5) is 14.9. The van der Waals surface area contributed by atoms with Crippen molar-refractivity contribution in [1.82, 2.24) is 10.3 Å².